The average Bonchev–Trinajstić information content (AvgIpc) is 2.94. The summed E-state index contributed by atoms with van der Waals surface area (Å²) in [5.41, 5.74) is 0.163. The summed E-state index contributed by atoms with van der Waals surface area (Å²) >= 11 is 0. The summed E-state index contributed by atoms with van der Waals surface area (Å²) in [6.45, 7) is 0. The van der Waals surface area contributed by atoms with E-state index in [0.29, 0.717) is 17.1 Å². The van der Waals surface area contributed by atoms with Crippen LogP contribution in [0.2, 0.25) is 0 Å². The van der Waals surface area contributed by atoms with Gasteiger partial charge in [0.05, 0.1) is 41.1 Å². The fraction of sp³-hybridized carbons (Fsp3) is 0.385. The van der Waals surface area contributed by atoms with Gasteiger partial charge in [0.2, 0.25) is 0 Å². The lowest BCUT2D eigenvalue weighted by atomic mass is 9.89. The molecule has 3 aromatic rings. The van der Waals surface area contributed by atoms with Crippen LogP contribution < -0.4 is 24.4 Å². The molecule has 12 heteroatoms. The van der Waals surface area contributed by atoms with E-state index in [1.54, 1.807) is 18.2 Å². The second-order valence-corrected chi connectivity index (χ2v) is 8.42. The van der Waals surface area contributed by atoms with Gasteiger partial charge in [0.15, 0.2) is 23.0 Å². The highest BCUT2D eigenvalue weighted by Crippen LogP contribution is 2.46. The molecule has 1 aliphatic heterocycles. The van der Waals surface area contributed by atoms with Crippen molar-refractivity contribution in [2.75, 3.05) is 35.5 Å². The number of methoxy groups -OCH3 is 5. The van der Waals surface area contributed by atoms with Gasteiger partial charge in [0.25, 0.3) is 0 Å². The summed E-state index contributed by atoms with van der Waals surface area (Å²) in [4.78, 5) is 25.6. The molecule has 0 bridgehead atoms. The highest BCUT2D eigenvalue weighted by Gasteiger charge is 2.49. The lowest BCUT2D eigenvalue weighted by molar-refractivity contribution is -0.231. The summed E-state index contributed by atoms with van der Waals surface area (Å²) in [5.74, 6) is 0.185. The predicted molar refractivity (Wildman–Crippen MR) is 132 cm³/mol. The third-order valence-electron chi connectivity index (χ3n) is 6.40. The van der Waals surface area contributed by atoms with Crippen LogP contribution in [0.3, 0.4) is 0 Å². The standard InChI is InChI=1S/C26H28O12/c1-32-13-7-6-11(8-15(13)33-2)14-9-12(27)18-17(37-14)10-16(34-3)19(23(18)35-4)24-21(29)20(28)22(30)25(38-24)26(31)36-5/h6-10,20-22,24-25,28-30H,1-5H3/t20-,21-,22+,24+,25+/m1/s1. The number of hydrogen-bond acceptors (Lipinski definition) is 12. The third kappa shape index (κ3) is 4.52. The van der Waals surface area contributed by atoms with E-state index in [9.17, 15) is 24.9 Å². The number of ether oxygens (including phenoxy) is 6. The van der Waals surface area contributed by atoms with Crippen molar-refractivity contribution in [3.63, 3.8) is 0 Å². The van der Waals surface area contributed by atoms with Crippen molar-refractivity contribution in [3.8, 4) is 34.3 Å². The van der Waals surface area contributed by atoms with Gasteiger partial charge in [-0.3, -0.25) is 4.79 Å². The molecule has 1 aliphatic rings. The summed E-state index contributed by atoms with van der Waals surface area (Å²) in [5, 5.41) is 31.5. The first-order valence-electron chi connectivity index (χ1n) is 11.4. The Morgan fingerprint density at radius 2 is 1.50 bits per heavy atom. The molecular weight excluding hydrogens is 504 g/mol. The average molecular weight is 532 g/mol. The Morgan fingerprint density at radius 3 is 2.11 bits per heavy atom. The zero-order valence-electron chi connectivity index (χ0n) is 21.3. The number of carbonyl (C=O) groups excluding carboxylic acids is 1. The lowest BCUT2D eigenvalue weighted by Gasteiger charge is -2.40. The minimum atomic E-state index is -1.79. The number of esters is 1. The van der Waals surface area contributed by atoms with Gasteiger partial charge in [0.1, 0.15) is 52.6 Å². The van der Waals surface area contributed by atoms with E-state index in [2.05, 4.69) is 4.74 Å². The topological polar surface area (TPSA) is 163 Å². The second kappa shape index (κ2) is 10.9. The first kappa shape index (κ1) is 27.2. The molecule has 0 amide bonds. The maximum atomic E-state index is 13.4. The highest BCUT2D eigenvalue weighted by molar-refractivity contribution is 5.89. The molecule has 1 saturated heterocycles. The van der Waals surface area contributed by atoms with Crippen molar-refractivity contribution in [1.82, 2.24) is 0 Å². The van der Waals surface area contributed by atoms with Gasteiger partial charge in [-0.2, -0.15) is 0 Å². The number of aliphatic hydroxyl groups excluding tert-OH is 3. The molecule has 0 radical (unpaired) electrons. The summed E-state index contributed by atoms with van der Waals surface area (Å²) < 4.78 is 38.0. The Labute approximate surface area is 216 Å². The van der Waals surface area contributed by atoms with Gasteiger partial charge in [-0.15, -0.1) is 0 Å². The maximum absolute atomic E-state index is 13.4. The van der Waals surface area contributed by atoms with Crippen LogP contribution in [0.5, 0.6) is 23.0 Å². The van der Waals surface area contributed by atoms with Gasteiger partial charge in [-0.05, 0) is 18.2 Å². The van der Waals surface area contributed by atoms with E-state index in [-0.39, 0.29) is 33.8 Å². The minimum absolute atomic E-state index is 0.00134. The molecule has 1 fully saturated rings. The van der Waals surface area contributed by atoms with Crippen molar-refractivity contribution >= 4 is 16.9 Å². The van der Waals surface area contributed by atoms with Gasteiger partial charge in [0, 0.05) is 17.7 Å². The Hall–Kier alpha value is -3.84. The van der Waals surface area contributed by atoms with Crippen molar-refractivity contribution < 1.29 is 53.0 Å². The van der Waals surface area contributed by atoms with Gasteiger partial charge < -0.3 is 48.2 Å². The van der Waals surface area contributed by atoms with Crippen molar-refractivity contribution in [3.05, 3.63) is 46.1 Å². The normalized spacial score (nSPS) is 23.1. The van der Waals surface area contributed by atoms with Crippen molar-refractivity contribution in [2.24, 2.45) is 0 Å². The van der Waals surface area contributed by atoms with Crippen LogP contribution in [-0.2, 0) is 14.3 Å². The van der Waals surface area contributed by atoms with E-state index in [1.165, 1.54) is 40.6 Å². The van der Waals surface area contributed by atoms with Crippen LogP contribution in [-0.4, -0.2) is 81.3 Å². The molecule has 0 unspecified atom stereocenters. The van der Waals surface area contributed by atoms with Crippen LogP contribution in [0.15, 0.2) is 39.5 Å². The van der Waals surface area contributed by atoms with Crippen LogP contribution in [0, 0.1) is 0 Å². The quantitative estimate of drug-likeness (QED) is 0.373. The Bertz CT molecular complexity index is 1400. The van der Waals surface area contributed by atoms with Crippen LogP contribution in [0.1, 0.15) is 11.7 Å². The predicted octanol–water partition coefficient (Wildman–Crippen LogP) is 1.19. The molecule has 3 N–H and O–H groups in total. The molecule has 2 heterocycles. The minimum Gasteiger partial charge on any atom is -0.496 e. The van der Waals surface area contributed by atoms with Crippen LogP contribution in [0.25, 0.3) is 22.3 Å². The van der Waals surface area contributed by atoms with E-state index in [1.807, 2.05) is 0 Å². The molecule has 2 aromatic carbocycles. The monoisotopic (exact) mass is 532 g/mol. The molecule has 38 heavy (non-hydrogen) atoms. The van der Waals surface area contributed by atoms with E-state index in [4.69, 9.17) is 28.1 Å². The zero-order valence-corrected chi connectivity index (χ0v) is 21.3. The molecule has 1 aromatic heterocycles. The Balaban J connectivity index is 1.91. The fourth-order valence-corrected chi connectivity index (χ4v) is 4.49. The molecular formula is C26H28O12. The van der Waals surface area contributed by atoms with Crippen LogP contribution in [0.4, 0.5) is 0 Å². The number of fused-ring (bicyclic) bond motifs is 1. The van der Waals surface area contributed by atoms with E-state index in [0.717, 1.165) is 7.11 Å². The zero-order chi connectivity index (χ0) is 27.7. The largest absolute Gasteiger partial charge is 0.496 e. The summed E-state index contributed by atoms with van der Waals surface area (Å²) in [7, 11) is 6.70. The first-order chi connectivity index (χ1) is 18.2. The fourth-order valence-electron chi connectivity index (χ4n) is 4.49. The third-order valence-corrected chi connectivity index (χ3v) is 6.40. The smallest absolute Gasteiger partial charge is 0.337 e. The van der Waals surface area contributed by atoms with E-state index >= 15 is 0 Å². The summed E-state index contributed by atoms with van der Waals surface area (Å²) in [6.07, 6.45) is -8.34. The molecule has 5 atom stereocenters. The van der Waals surface area contributed by atoms with Crippen molar-refractivity contribution in [1.29, 1.82) is 0 Å². The van der Waals surface area contributed by atoms with Gasteiger partial charge in [-0.1, -0.05) is 0 Å². The van der Waals surface area contributed by atoms with E-state index < -0.39 is 41.9 Å². The summed E-state index contributed by atoms with van der Waals surface area (Å²) in [6, 6.07) is 7.68. The van der Waals surface area contributed by atoms with Gasteiger partial charge >= 0.3 is 5.97 Å². The molecule has 4 rings (SSSR count). The Morgan fingerprint density at radius 1 is 0.816 bits per heavy atom. The number of benzene rings is 2. The van der Waals surface area contributed by atoms with Gasteiger partial charge in [-0.25, -0.2) is 4.79 Å². The molecule has 0 spiro atoms. The lowest BCUT2D eigenvalue weighted by Crippen LogP contribution is -2.57. The number of rotatable bonds is 7. The Kier molecular flexibility index (Phi) is 7.78. The maximum Gasteiger partial charge on any atom is 0.337 e. The number of hydrogen-bond donors (Lipinski definition) is 3. The van der Waals surface area contributed by atoms with Crippen LogP contribution >= 0.6 is 0 Å². The molecule has 0 saturated carbocycles. The second-order valence-electron chi connectivity index (χ2n) is 8.42. The first-order valence-corrected chi connectivity index (χ1v) is 11.4. The number of aliphatic hydroxyl groups is 3. The molecule has 12 nitrogen and oxygen atoms in total. The molecule has 0 aliphatic carbocycles. The SMILES string of the molecule is COC(=O)[C@H]1O[C@@H](c2c(OC)cc3oc(-c4ccc(OC)c(OC)c4)cc(=O)c3c2OC)[C@H](O)[C@@H](O)[C@@H]1O. The number of carbonyl (C=O) groups is 1. The highest BCUT2D eigenvalue weighted by atomic mass is 16.6. The molecule has 204 valence electrons. The van der Waals surface area contributed by atoms with Crippen molar-refractivity contribution in [2.45, 2.75) is 30.5 Å².